The summed E-state index contributed by atoms with van der Waals surface area (Å²) in [4.78, 5) is 8.86. The molecule has 0 amide bonds. The van der Waals surface area contributed by atoms with Gasteiger partial charge in [0.05, 0.1) is 5.69 Å². The molecule has 2 heterocycles. The van der Waals surface area contributed by atoms with Crippen molar-refractivity contribution in [3.8, 4) is 11.6 Å². The van der Waals surface area contributed by atoms with E-state index in [0.717, 1.165) is 28.5 Å². The van der Waals surface area contributed by atoms with Crippen LogP contribution in [0.1, 0.15) is 17.0 Å². The van der Waals surface area contributed by atoms with Crippen LogP contribution in [0.4, 0.5) is 5.69 Å². The van der Waals surface area contributed by atoms with Crippen LogP contribution in [-0.2, 0) is 0 Å². The number of nitrogens with zero attached hydrogens (tertiary/aromatic N) is 3. The van der Waals surface area contributed by atoms with E-state index in [9.17, 15) is 5.11 Å². The monoisotopic (exact) mass is 291 g/mol. The van der Waals surface area contributed by atoms with Gasteiger partial charge < -0.3 is 9.67 Å². The third kappa shape index (κ3) is 2.76. The Hall–Kier alpha value is -2.88. The zero-order valence-electron chi connectivity index (χ0n) is 12.6. The van der Waals surface area contributed by atoms with Gasteiger partial charge in [-0.25, -0.2) is 4.98 Å². The average molecular weight is 291 g/mol. The number of aryl methyl sites for hydroxylation is 1. The van der Waals surface area contributed by atoms with Gasteiger partial charge in [0.25, 0.3) is 0 Å². The van der Waals surface area contributed by atoms with Gasteiger partial charge in [0.15, 0.2) is 0 Å². The highest BCUT2D eigenvalue weighted by Gasteiger charge is 2.09. The van der Waals surface area contributed by atoms with Crippen molar-refractivity contribution < 1.29 is 5.11 Å². The van der Waals surface area contributed by atoms with Gasteiger partial charge in [-0.15, -0.1) is 0 Å². The fourth-order valence-electron chi connectivity index (χ4n) is 2.44. The van der Waals surface area contributed by atoms with Gasteiger partial charge in [0.2, 0.25) is 0 Å². The molecule has 22 heavy (non-hydrogen) atoms. The molecule has 0 bridgehead atoms. The molecule has 2 aromatic heterocycles. The molecule has 0 fully saturated rings. The minimum atomic E-state index is 0.243. The Bertz CT molecular complexity index is 802. The summed E-state index contributed by atoms with van der Waals surface area (Å²) in [5.41, 5.74) is 4.07. The highest BCUT2D eigenvalue weighted by molar-refractivity contribution is 5.84. The number of pyridine rings is 1. The van der Waals surface area contributed by atoms with Crippen molar-refractivity contribution in [2.45, 2.75) is 13.8 Å². The van der Waals surface area contributed by atoms with Crippen LogP contribution in [0.2, 0.25) is 0 Å². The van der Waals surface area contributed by atoms with Crippen molar-refractivity contribution in [3.63, 3.8) is 0 Å². The van der Waals surface area contributed by atoms with Gasteiger partial charge in [0.1, 0.15) is 11.6 Å². The van der Waals surface area contributed by atoms with Crippen molar-refractivity contribution >= 4 is 11.9 Å². The van der Waals surface area contributed by atoms with E-state index in [1.54, 1.807) is 30.5 Å². The first-order valence-corrected chi connectivity index (χ1v) is 7.08. The van der Waals surface area contributed by atoms with Crippen molar-refractivity contribution in [1.29, 1.82) is 0 Å². The zero-order valence-corrected chi connectivity index (χ0v) is 12.6. The minimum Gasteiger partial charge on any atom is -0.508 e. The number of benzene rings is 1. The summed E-state index contributed by atoms with van der Waals surface area (Å²) in [7, 11) is 0. The lowest BCUT2D eigenvalue weighted by molar-refractivity contribution is 0.475. The van der Waals surface area contributed by atoms with E-state index in [2.05, 4.69) is 34.5 Å². The number of aliphatic imine (C=N–C) groups is 1. The molecule has 0 aliphatic carbocycles. The molecule has 3 aromatic rings. The summed E-state index contributed by atoms with van der Waals surface area (Å²) >= 11 is 0. The molecule has 0 spiro atoms. The molecular formula is C18H17N3O. The third-order valence-electron chi connectivity index (χ3n) is 3.55. The predicted molar refractivity (Wildman–Crippen MR) is 88.4 cm³/mol. The van der Waals surface area contributed by atoms with Gasteiger partial charge >= 0.3 is 0 Å². The standard InChI is InChI=1S/C18H17N3O/c1-13-11-15(12-20-16-6-8-17(22)9-7-16)14(2)21(13)18-5-3-4-10-19-18/h3-12,22H,1-2H3. The van der Waals surface area contributed by atoms with Crippen LogP contribution in [0, 0.1) is 13.8 Å². The summed E-state index contributed by atoms with van der Waals surface area (Å²) in [6.07, 6.45) is 3.63. The van der Waals surface area contributed by atoms with E-state index in [-0.39, 0.29) is 5.75 Å². The van der Waals surface area contributed by atoms with E-state index in [0.29, 0.717) is 0 Å². The quantitative estimate of drug-likeness (QED) is 0.743. The third-order valence-corrected chi connectivity index (χ3v) is 3.55. The maximum Gasteiger partial charge on any atom is 0.136 e. The predicted octanol–water partition coefficient (Wildman–Crippen LogP) is 3.95. The van der Waals surface area contributed by atoms with Crippen LogP contribution in [0.25, 0.3) is 5.82 Å². The molecule has 0 aliphatic rings. The Balaban J connectivity index is 1.94. The maximum atomic E-state index is 9.29. The molecule has 4 nitrogen and oxygen atoms in total. The molecule has 3 rings (SSSR count). The largest absolute Gasteiger partial charge is 0.508 e. The van der Waals surface area contributed by atoms with Crippen molar-refractivity contribution in [2.75, 3.05) is 0 Å². The molecular weight excluding hydrogens is 274 g/mol. The van der Waals surface area contributed by atoms with E-state index in [1.807, 2.05) is 24.4 Å². The number of phenols is 1. The maximum absolute atomic E-state index is 9.29. The van der Waals surface area contributed by atoms with Gasteiger partial charge in [-0.1, -0.05) is 6.07 Å². The Kier molecular flexibility index (Phi) is 3.74. The van der Waals surface area contributed by atoms with Crippen molar-refractivity contribution in [2.24, 2.45) is 4.99 Å². The fraction of sp³-hybridized carbons (Fsp3) is 0.111. The summed E-state index contributed by atoms with van der Waals surface area (Å²) < 4.78 is 2.11. The molecule has 0 saturated heterocycles. The summed E-state index contributed by atoms with van der Waals surface area (Å²) in [5, 5.41) is 9.29. The number of phenolic OH excluding ortho intramolecular Hbond substituents is 1. The number of hydrogen-bond acceptors (Lipinski definition) is 3. The lowest BCUT2D eigenvalue weighted by atomic mass is 10.2. The molecule has 0 saturated carbocycles. The lowest BCUT2D eigenvalue weighted by Crippen LogP contribution is -2.01. The molecule has 1 aromatic carbocycles. The minimum absolute atomic E-state index is 0.243. The zero-order chi connectivity index (χ0) is 15.5. The van der Waals surface area contributed by atoms with E-state index in [4.69, 9.17) is 0 Å². The summed E-state index contributed by atoms with van der Waals surface area (Å²) in [5.74, 6) is 1.15. The van der Waals surface area contributed by atoms with Gasteiger partial charge in [-0.2, -0.15) is 0 Å². The average Bonchev–Trinajstić information content (AvgIpc) is 2.82. The Morgan fingerprint density at radius 2 is 1.86 bits per heavy atom. The second-order valence-corrected chi connectivity index (χ2v) is 5.12. The fourth-order valence-corrected chi connectivity index (χ4v) is 2.44. The Morgan fingerprint density at radius 1 is 1.09 bits per heavy atom. The van der Waals surface area contributed by atoms with E-state index >= 15 is 0 Å². The SMILES string of the molecule is Cc1cc(C=Nc2ccc(O)cc2)c(C)n1-c1ccccn1. The number of aromatic hydroxyl groups is 1. The smallest absolute Gasteiger partial charge is 0.136 e. The molecule has 0 radical (unpaired) electrons. The molecule has 110 valence electrons. The van der Waals surface area contributed by atoms with Gasteiger partial charge in [-0.3, -0.25) is 4.99 Å². The van der Waals surface area contributed by atoms with Crippen molar-refractivity contribution in [3.05, 3.63) is 71.7 Å². The van der Waals surface area contributed by atoms with Crippen LogP contribution in [0.5, 0.6) is 5.75 Å². The first kappa shape index (κ1) is 14.1. The lowest BCUT2D eigenvalue weighted by Gasteiger charge is -2.07. The summed E-state index contributed by atoms with van der Waals surface area (Å²) in [6.45, 7) is 4.11. The molecule has 0 unspecified atom stereocenters. The Labute approximate surface area is 129 Å². The highest BCUT2D eigenvalue weighted by Crippen LogP contribution is 2.20. The van der Waals surface area contributed by atoms with Crippen LogP contribution >= 0.6 is 0 Å². The molecule has 1 N–H and O–H groups in total. The van der Waals surface area contributed by atoms with Crippen LogP contribution in [0.15, 0.2) is 59.7 Å². The number of rotatable bonds is 3. The van der Waals surface area contributed by atoms with Gasteiger partial charge in [-0.05, 0) is 56.3 Å². The van der Waals surface area contributed by atoms with Gasteiger partial charge in [0, 0.05) is 29.4 Å². The highest BCUT2D eigenvalue weighted by atomic mass is 16.3. The first-order valence-electron chi connectivity index (χ1n) is 7.08. The van der Waals surface area contributed by atoms with Crippen LogP contribution in [-0.4, -0.2) is 20.9 Å². The Morgan fingerprint density at radius 3 is 2.55 bits per heavy atom. The molecule has 4 heteroatoms. The van der Waals surface area contributed by atoms with E-state index < -0.39 is 0 Å². The second-order valence-electron chi connectivity index (χ2n) is 5.12. The van der Waals surface area contributed by atoms with Crippen LogP contribution < -0.4 is 0 Å². The van der Waals surface area contributed by atoms with Crippen molar-refractivity contribution in [1.82, 2.24) is 9.55 Å². The molecule has 0 aliphatic heterocycles. The normalized spacial score (nSPS) is 11.2. The summed E-state index contributed by atoms with van der Waals surface area (Å²) in [6, 6.07) is 14.8. The first-order chi connectivity index (χ1) is 10.6. The number of hydrogen-bond donors (Lipinski definition) is 1. The number of aromatic nitrogens is 2. The van der Waals surface area contributed by atoms with E-state index in [1.165, 1.54) is 0 Å². The topological polar surface area (TPSA) is 50.4 Å². The van der Waals surface area contributed by atoms with Crippen LogP contribution in [0.3, 0.4) is 0 Å². The molecule has 0 atom stereocenters. The second kappa shape index (κ2) is 5.85.